The molecule has 1 aliphatic carbocycles. The molecule has 1 aliphatic rings. The van der Waals surface area contributed by atoms with E-state index in [4.69, 9.17) is 21.1 Å². The Balaban J connectivity index is 1.47. The average molecular weight is 565 g/mol. The van der Waals surface area contributed by atoms with Crippen LogP contribution in [0.5, 0.6) is 5.75 Å². The van der Waals surface area contributed by atoms with Crippen molar-refractivity contribution in [1.82, 2.24) is 25.5 Å². The van der Waals surface area contributed by atoms with Crippen LogP contribution in [0.2, 0.25) is 5.02 Å². The zero-order valence-electron chi connectivity index (χ0n) is 22.8. The number of tetrazole rings is 1. The van der Waals surface area contributed by atoms with E-state index in [9.17, 15) is 9.59 Å². The third kappa shape index (κ3) is 7.55. The van der Waals surface area contributed by atoms with Crippen LogP contribution in [0.15, 0.2) is 72.3 Å². The molecule has 2 unspecified atom stereocenters. The Hall–Kier alpha value is -4.02. The fourth-order valence-corrected chi connectivity index (χ4v) is 4.68. The Kier molecular flexibility index (Phi) is 10.0. The number of methoxy groups -OCH3 is 1. The molecule has 40 heavy (non-hydrogen) atoms. The number of nitrogens with zero attached hydrogens (tertiary/aromatic N) is 5. The molecule has 0 radical (unpaired) electrons. The normalized spacial score (nSPS) is 15.3. The van der Waals surface area contributed by atoms with Gasteiger partial charge >= 0.3 is 5.97 Å². The van der Waals surface area contributed by atoms with E-state index in [0.29, 0.717) is 18.0 Å². The maximum absolute atomic E-state index is 13.7. The van der Waals surface area contributed by atoms with Crippen molar-refractivity contribution in [3.05, 3.63) is 88.5 Å². The summed E-state index contributed by atoms with van der Waals surface area (Å²) < 4.78 is 11.8. The van der Waals surface area contributed by atoms with Gasteiger partial charge in [-0.3, -0.25) is 19.8 Å². The van der Waals surface area contributed by atoms with Crippen molar-refractivity contribution >= 4 is 29.4 Å². The van der Waals surface area contributed by atoms with E-state index in [2.05, 4.69) is 39.1 Å². The molecule has 1 amide bonds. The van der Waals surface area contributed by atoms with Crippen molar-refractivity contribution in [3.63, 3.8) is 0 Å². The van der Waals surface area contributed by atoms with Gasteiger partial charge in [0.15, 0.2) is 0 Å². The molecule has 10 nitrogen and oxygen atoms in total. The van der Waals surface area contributed by atoms with Crippen LogP contribution in [0.3, 0.4) is 0 Å². The number of carbonyl (C=O) groups excluding carboxylic acids is 2. The monoisotopic (exact) mass is 564 g/mol. The number of hydrogen-bond acceptors (Lipinski definition) is 8. The van der Waals surface area contributed by atoms with E-state index in [1.165, 1.54) is 4.90 Å². The van der Waals surface area contributed by atoms with E-state index in [0.717, 1.165) is 28.9 Å². The van der Waals surface area contributed by atoms with Crippen molar-refractivity contribution in [2.45, 2.75) is 38.3 Å². The van der Waals surface area contributed by atoms with Gasteiger partial charge in [0.2, 0.25) is 5.91 Å². The van der Waals surface area contributed by atoms with Gasteiger partial charge in [-0.25, -0.2) is 4.68 Å². The molecular weight excluding hydrogens is 532 g/mol. The van der Waals surface area contributed by atoms with Gasteiger partial charge in [-0.15, -0.1) is 0 Å². The Labute approximate surface area is 238 Å². The van der Waals surface area contributed by atoms with Crippen LogP contribution in [0.1, 0.15) is 36.8 Å². The smallest absolute Gasteiger partial charge is 0.319 e. The second-order valence-corrected chi connectivity index (χ2v) is 9.80. The number of likely N-dealkylation sites (N-methyl/N-ethyl adjacent to an activating group) is 1. The molecule has 0 spiro atoms. The number of benzene rings is 2. The maximum Gasteiger partial charge on any atom is 0.319 e. The second-order valence-electron chi connectivity index (χ2n) is 9.36. The van der Waals surface area contributed by atoms with Crippen molar-refractivity contribution < 1.29 is 19.1 Å². The molecule has 1 heterocycles. The van der Waals surface area contributed by atoms with Crippen LogP contribution in [0.4, 0.5) is 5.95 Å². The summed E-state index contributed by atoms with van der Waals surface area (Å²) in [5, 5.41) is 15.7. The zero-order valence-corrected chi connectivity index (χ0v) is 23.5. The molecular formula is C29H33ClN6O4. The first-order chi connectivity index (χ1) is 19.4. The molecule has 0 aliphatic heterocycles. The van der Waals surface area contributed by atoms with E-state index >= 15 is 0 Å². The van der Waals surface area contributed by atoms with Crippen molar-refractivity contribution in [2.75, 3.05) is 32.2 Å². The summed E-state index contributed by atoms with van der Waals surface area (Å²) in [7, 11) is 3.23. The molecule has 1 aromatic heterocycles. The number of carbonyl (C=O) groups is 2. The first kappa shape index (κ1) is 29.0. The second kappa shape index (κ2) is 13.9. The third-order valence-corrected chi connectivity index (χ3v) is 6.86. The summed E-state index contributed by atoms with van der Waals surface area (Å²) in [5.41, 5.74) is 3.06. The van der Waals surface area contributed by atoms with Crippen LogP contribution < -0.4 is 15.0 Å². The molecule has 0 bridgehead atoms. The SMILES string of the molecule is CCOC(=O)CNC(CC1=CCC(c2cccc(Cl)c2)C=C1)C(=O)N(C)c1nnnn1Cc1ccc(OC)cc1. The minimum atomic E-state index is -0.709. The predicted octanol–water partition coefficient (Wildman–Crippen LogP) is 3.93. The predicted molar refractivity (Wildman–Crippen MR) is 152 cm³/mol. The molecule has 2 aromatic carbocycles. The number of rotatable bonds is 12. The summed E-state index contributed by atoms with van der Waals surface area (Å²) in [6.45, 7) is 2.27. The van der Waals surface area contributed by atoms with Crippen LogP contribution in [-0.2, 0) is 20.9 Å². The number of ether oxygens (including phenoxy) is 2. The highest BCUT2D eigenvalue weighted by Gasteiger charge is 2.28. The first-order valence-corrected chi connectivity index (χ1v) is 13.4. The molecule has 0 saturated heterocycles. The van der Waals surface area contributed by atoms with E-state index in [1.54, 1.807) is 25.8 Å². The molecule has 0 fully saturated rings. The standard InChI is InChI=1S/C29H33ClN6O4/c1-4-40-27(37)18-31-26(16-20-8-12-22(13-9-20)23-6-5-7-24(30)17-23)28(38)35(2)29-32-33-34-36(29)19-21-10-14-25(39-3)15-11-21/h5-12,14-15,17,22,26,31H,4,13,16,18-19H2,1-3H3. The number of amides is 1. The number of hydrogen-bond donors (Lipinski definition) is 1. The van der Waals surface area contributed by atoms with Gasteiger partial charge in [0.05, 0.1) is 32.8 Å². The largest absolute Gasteiger partial charge is 0.497 e. The van der Waals surface area contributed by atoms with Crippen LogP contribution in [-0.4, -0.2) is 65.4 Å². The van der Waals surface area contributed by atoms with Gasteiger partial charge in [0.25, 0.3) is 5.95 Å². The number of esters is 1. The highest BCUT2D eigenvalue weighted by atomic mass is 35.5. The number of anilines is 1. The highest BCUT2D eigenvalue weighted by molar-refractivity contribution is 6.30. The summed E-state index contributed by atoms with van der Waals surface area (Å²) >= 11 is 6.17. The lowest BCUT2D eigenvalue weighted by atomic mass is 9.88. The van der Waals surface area contributed by atoms with Crippen molar-refractivity contribution in [3.8, 4) is 5.75 Å². The molecule has 0 saturated carbocycles. The minimum absolute atomic E-state index is 0.100. The molecule has 210 valence electrons. The maximum atomic E-state index is 13.7. The zero-order chi connectivity index (χ0) is 28.5. The van der Waals surface area contributed by atoms with Gasteiger partial charge in [-0.05, 0) is 65.6 Å². The van der Waals surface area contributed by atoms with Gasteiger partial charge in [0, 0.05) is 18.0 Å². The van der Waals surface area contributed by atoms with Gasteiger partial charge in [-0.1, -0.05) is 64.8 Å². The third-order valence-electron chi connectivity index (χ3n) is 6.62. The lowest BCUT2D eigenvalue weighted by Gasteiger charge is -2.25. The minimum Gasteiger partial charge on any atom is -0.497 e. The fourth-order valence-electron chi connectivity index (χ4n) is 4.48. The lowest BCUT2D eigenvalue weighted by Crippen LogP contribution is -2.48. The average Bonchev–Trinajstić information content (AvgIpc) is 3.43. The van der Waals surface area contributed by atoms with E-state index in [1.807, 2.05) is 48.5 Å². The molecule has 1 N–H and O–H groups in total. The van der Waals surface area contributed by atoms with E-state index in [-0.39, 0.29) is 30.9 Å². The van der Waals surface area contributed by atoms with E-state index < -0.39 is 12.0 Å². The topological polar surface area (TPSA) is 111 Å². The Morgan fingerprint density at radius 2 is 2.02 bits per heavy atom. The molecule has 2 atom stereocenters. The number of nitrogens with one attached hydrogen (secondary N) is 1. The Bertz CT molecular complexity index is 1370. The number of halogens is 1. The first-order valence-electron chi connectivity index (χ1n) is 13.1. The van der Waals surface area contributed by atoms with Crippen molar-refractivity contribution in [1.29, 1.82) is 0 Å². The fraction of sp³-hybridized carbons (Fsp3) is 0.345. The van der Waals surface area contributed by atoms with Gasteiger partial charge in [-0.2, -0.15) is 0 Å². The number of allylic oxidation sites excluding steroid dienone is 3. The van der Waals surface area contributed by atoms with Crippen LogP contribution in [0, 0.1) is 0 Å². The summed E-state index contributed by atoms with van der Waals surface area (Å²) in [5.74, 6) is 0.531. The quantitative estimate of drug-likeness (QED) is 0.329. The summed E-state index contributed by atoms with van der Waals surface area (Å²) in [4.78, 5) is 27.2. The molecule has 3 aromatic rings. The Morgan fingerprint density at radius 1 is 1.23 bits per heavy atom. The van der Waals surface area contributed by atoms with Crippen LogP contribution >= 0.6 is 11.6 Å². The summed E-state index contributed by atoms with van der Waals surface area (Å²) in [6.07, 6.45) is 7.41. The number of aromatic nitrogens is 4. The highest BCUT2D eigenvalue weighted by Crippen LogP contribution is 2.30. The van der Waals surface area contributed by atoms with Crippen molar-refractivity contribution in [2.24, 2.45) is 0 Å². The van der Waals surface area contributed by atoms with Gasteiger partial charge < -0.3 is 9.47 Å². The van der Waals surface area contributed by atoms with Gasteiger partial charge in [0.1, 0.15) is 5.75 Å². The molecule has 11 heteroatoms. The molecule has 4 rings (SSSR count). The Morgan fingerprint density at radius 3 is 2.70 bits per heavy atom. The van der Waals surface area contributed by atoms with Crippen LogP contribution in [0.25, 0.3) is 0 Å². The summed E-state index contributed by atoms with van der Waals surface area (Å²) in [6, 6.07) is 14.6. The lowest BCUT2D eigenvalue weighted by molar-refractivity contribution is -0.142.